The fraction of sp³-hybridized carbons (Fsp3) is 0.538. The lowest BCUT2D eigenvalue weighted by Crippen LogP contribution is -2.56. The smallest absolute Gasteiger partial charge is 0.0613 e. The van der Waals surface area contributed by atoms with Gasteiger partial charge in [-0.05, 0) is 24.3 Å². The molecule has 2 heteroatoms. The minimum atomic E-state index is -0.00470. The third-order valence-corrected chi connectivity index (χ3v) is 3.29. The van der Waals surface area contributed by atoms with E-state index in [9.17, 15) is 5.11 Å². The van der Waals surface area contributed by atoms with Gasteiger partial charge >= 0.3 is 0 Å². The zero-order chi connectivity index (χ0) is 10.7. The number of aliphatic hydroxyl groups is 1. The molecule has 15 heavy (non-hydrogen) atoms. The van der Waals surface area contributed by atoms with Crippen LogP contribution < -0.4 is 5.32 Å². The highest BCUT2D eigenvalue weighted by atomic mass is 16.3. The van der Waals surface area contributed by atoms with Crippen molar-refractivity contribution in [3.8, 4) is 0 Å². The molecule has 0 aromatic heterocycles. The summed E-state index contributed by atoms with van der Waals surface area (Å²) in [7, 11) is 0. The number of hydrogen-bond acceptors (Lipinski definition) is 2. The summed E-state index contributed by atoms with van der Waals surface area (Å²) in [6.45, 7) is 3.34. The van der Waals surface area contributed by atoms with Gasteiger partial charge in [0.05, 0.1) is 6.61 Å². The molecule has 1 aromatic rings. The molecule has 0 bridgehead atoms. The molecule has 0 radical (unpaired) electrons. The van der Waals surface area contributed by atoms with Crippen molar-refractivity contribution in [2.24, 2.45) is 5.92 Å². The second-order valence-electron chi connectivity index (χ2n) is 4.79. The van der Waals surface area contributed by atoms with Gasteiger partial charge in [0.25, 0.3) is 0 Å². The van der Waals surface area contributed by atoms with Crippen LogP contribution in [-0.4, -0.2) is 17.3 Å². The van der Waals surface area contributed by atoms with Crippen molar-refractivity contribution in [1.82, 2.24) is 5.32 Å². The van der Waals surface area contributed by atoms with Gasteiger partial charge in [-0.15, -0.1) is 0 Å². The zero-order valence-corrected chi connectivity index (χ0v) is 9.24. The molecule has 0 heterocycles. The largest absolute Gasteiger partial charge is 0.394 e. The van der Waals surface area contributed by atoms with E-state index in [2.05, 4.69) is 24.4 Å². The molecule has 0 saturated heterocycles. The first-order valence-electron chi connectivity index (χ1n) is 5.64. The lowest BCUT2D eigenvalue weighted by Gasteiger charge is -2.46. The summed E-state index contributed by atoms with van der Waals surface area (Å²) in [5, 5.41) is 12.8. The fourth-order valence-electron chi connectivity index (χ4n) is 2.49. The van der Waals surface area contributed by atoms with Crippen molar-refractivity contribution < 1.29 is 5.11 Å². The molecule has 1 fully saturated rings. The molecule has 82 valence electrons. The monoisotopic (exact) mass is 205 g/mol. The van der Waals surface area contributed by atoms with Crippen LogP contribution in [0.25, 0.3) is 0 Å². The van der Waals surface area contributed by atoms with Gasteiger partial charge < -0.3 is 10.4 Å². The van der Waals surface area contributed by atoms with Crippen LogP contribution in [0, 0.1) is 5.92 Å². The summed E-state index contributed by atoms with van der Waals surface area (Å²) in [4.78, 5) is 0. The van der Waals surface area contributed by atoms with Crippen molar-refractivity contribution >= 4 is 0 Å². The molecule has 0 unspecified atom stereocenters. The molecule has 0 spiro atoms. The predicted octanol–water partition coefficient (Wildman–Crippen LogP) is 1.94. The summed E-state index contributed by atoms with van der Waals surface area (Å²) in [6.07, 6.45) is 2.19. The van der Waals surface area contributed by atoms with E-state index in [1.54, 1.807) is 0 Å². The number of aliphatic hydroxyl groups excluding tert-OH is 1. The number of rotatable bonds is 4. The molecule has 1 aromatic carbocycles. The van der Waals surface area contributed by atoms with E-state index in [-0.39, 0.29) is 12.1 Å². The molecule has 0 aliphatic heterocycles. The Morgan fingerprint density at radius 1 is 1.33 bits per heavy atom. The normalized spacial score (nSPS) is 29.9. The topological polar surface area (TPSA) is 32.3 Å². The molecule has 0 atom stereocenters. The lowest BCUT2D eigenvalue weighted by atomic mass is 9.69. The van der Waals surface area contributed by atoms with E-state index in [1.165, 1.54) is 5.56 Å². The second kappa shape index (κ2) is 4.33. The first-order chi connectivity index (χ1) is 7.24. The second-order valence-corrected chi connectivity index (χ2v) is 4.79. The van der Waals surface area contributed by atoms with Crippen LogP contribution in [0.4, 0.5) is 0 Å². The molecule has 2 rings (SSSR count). The molecular formula is C13H19NO. The van der Waals surface area contributed by atoms with Crippen molar-refractivity contribution in [3.63, 3.8) is 0 Å². The number of nitrogens with one attached hydrogen (secondary N) is 1. The molecule has 1 aliphatic rings. The SMILES string of the molecule is CC1CC(CO)(NCc2ccccc2)C1. The molecule has 2 N–H and O–H groups in total. The molecule has 1 saturated carbocycles. The van der Waals surface area contributed by atoms with Gasteiger partial charge in [-0.2, -0.15) is 0 Å². The van der Waals surface area contributed by atoms with Gasteiger partial charge in [0.15, 0.2) is 0 Å². The first-order valence-corrected chi connectivity index (χ1v) is 5.64. The summed E-state index contributed by atoms with van der Waals surface area (Å²) in [6, 6.07) is 10.3. The van der Waals surface area contributed by atoms with Crippen molar-refractivity contribution in [2.75, 3.05) is 6.61 Å². The van der Waals surface area contributed by atoms with Crippen LogP contribution in [0.1, 0.15) is 25.3 Å². The van der Waals surface area contributed by atoms with Crippen LogP contribution in [-0.2, 0) is 6.54 Å². The van der Waals surface area contributed by atoms with Gasteiger partial charge in [-0.3, -0.25) is 0 Å². The van der Waals surface area contributed by atoms with Gasteiger partial charge in [0.2, 0.25) is 0 Å². The Kier molecular flexibility index (Phi) is 3.08. The van der Waals surface area contributed by atoms with Crippen LogP contribution >= 0.6 is 0 Å². The Morgan fingerprint density at radius 3 is 2.53 bits per heavy atom. The number of benzene rings is 1. The predicted molar refractivity (Wildman–Crippen MR) is 61.5 cm³/mol. The van der Waals surface area contributed by atoms with E-state index in [1.807, 2.05) is 18.2 Å². The lowest BCUT2D eigenvalue weighted by molar-refractivity contribution is 0.0459. The first kappa shape index (κ1) is 10.7. The minimum Gasteiger partial charge on any atom is -0.394 e. The number of hydrogen-bond donors (Lipinski definition) is 2. The summed E-state index contributed by atoms with van der Waals surface area (Å²) in [5.41, 5.74) is 1.28. The van der Waals surface area contributed by atoms with Crippen molar-refractivity contribution in [2.45, 2.75) is 31.8 Å². The van der Waals surface area contributed by atoms with E-state index in [0.29, 0.717) is 0 Å². The van der Waals surface area contributed by atoms with Crippen LogP contribution in [0.2, 0.25) is 0 Å². The van der Waals surface area contributed by atoms with E-state index >= 15 is 0 Å². The van der Waals surface area contributed by atoms with Crippen LogP contribution in [0.15, 0.2) is 30.3 Å². The Hall–Kier alpha value is -0.860. The maximum absolute atomic E-state index is 9.37. The summed E-state index contributed by atoms with van der Waals surface area (Å²) >= 11 is 0. The van der Waals surface area contributed by atoms with E-state index in [0.717, 1.165) is 25.3 Å². The Labute approximate surface area is 91.3 Å². The highest BCUT2D eigenvalue weighted by molar-refractivity contribution is 5.15. The maximum Gasteiger partial charge on any atom is 0.0613 e. The minimum absolute atomic E-state index is 0.00470. The zero-order valence-electron chi connectivity index (χ0n) is 9.24. The Bertz CT molecular complexity index is 304. The highest BCUT2D eigenvalue weighted by Crippen LogP contribution is 2.37. The highest BCUT2D eigenvalue weighted by Gasteiger charge is 2.40. The van der Waals surface area contributed by atoms with Crippen LogP contribution in [0.3, 0.4) is 0 Å². The van der Waals surface area contributed by atoms with E-state index < -0.39 is 0 Å². The third-order valence-electron chi connectivity index (χ3n) is 3.29. The van der Waals surface area contributed by atoms with E-state index in [4.69, 9.17) is 0 Å². The molecule has 2 nitrogen and oxygen atoms in total. The molecule has 1 aliphatic carbocycles. The standard InChI is InChI=1S/C13H19NO/c1-11-7-13(8-11,10-15)14-9-12-5-3-2-4-6-12/h2-6,11,14-15H,7-10H2,1H3. The average Bonchev–Trinajstić information content (AvgIpc) is 2.24. The average molecular weight is 205 g/mol. The molecule has 0 amide bonds. The fourth-order valence-corrected chi connectivity index (χ4v) is 2.49. The van der Waals surface area contributed by atoms with Gasteiger partial charge in [-0.1, -0.05) is 37.3 Å². The summed E-state index contributed by atoms with van der Waals surface area (Å²) < 4.78 is 0. The Morgan fingerprint density at radius 2 is 2.00 bits per heavy atom. The Balaban J connectivity index is 1.87. The van der Waals surface area contributed by atoms with Crippen molar-refractivity contribution in [3.05, 3.63) is 35.9 Å². The molecular weight excluding hydrogens is 186 g/mol. The van der Waals surface area contributed by atoms with Crippen molar-refractivity contribution in [1.29, 1.82) is 0 Å². The van der Waals surface area contributed by atoms with Gasteiger partial charge in [-0.25, -0.2) is 0 Å². The third kappa shape index (κ3) is 2.39. The van der Waals surface area contributed by atoms with Gasteiger partial charge in [0.1, 0.15) is 0 Å². The van der Waals surface area contributed by atoms with Gasteiger partial charge in [0, 0.05) is 12.1 Å². The maximum atomic E-state index is 9.37. The summed E-state index contributed by atoms with van der Waals surface area (Å²) in [5.74, 6) is 0.750. The van der Waals surface area contributed by atoms with Crippen LogP contribution in [0.5, 0.6) is 0 Å². The quantitative estimate of drug-likeness (QED) is 0.787.